The maximum Gasteiger partial charge on any atom is 0.192 e. The van der Waals surface area contributed by atoms with Gasteiger partial charge in [0.05, 0.1) is 6.61 Å². The Morgan fingerprint density at radius 1 is 1.43 bits per heavy atom. The molecule has 0 spiro atoms. The largest absolute Gasteiger partial charge is 0.414 e. The van der Waals surface area contributed by atoms with Gasteiger partial charge in [-0.2, -0.15) is 0 Å². The Kier molecular flexibility index (Phi) is 3.19. The molecule has 1 saturated heterocycles. The van der Waals surface area contributed by atoms with Gasteiger partial charge in [0.25, 0.3) is 0 Å². The van der Waals surface area contributed by atoms with Crippen LogP contribution in [0.4, 0.5) is 0 Å². The molecule has 0 amide bonds. The summed E-state index contributed by atoms with van der Waals surface area (Å²) in [5.74, 6) is 0. The van der Waals surface area contributed by atoms with Crippen molar-refractivity contribution in [3.8, 4) is 0 Å². The highest BCUT2D eigenvalue weighted by Gasteiger charge is 2.43. The third kappa shape index (κ3) is 2.65. The molecule has 4 heteroatoms. The molecule has 0 saturated carbocycles. The Morgan fingerprint density at radius 2 is 2.00 bits per heavy atom. The SMILES string of the molecule is CC(C)(C)[Si](C)(C)OC[C@H]1O[C@H]1C=O. The minimum absolute atomic E-state index is 0.0154. The van der Waals surface area contributed by atoms with Crippen LogP contribution in [0.25, 0.3) is 0 Å². The molecule has 0 radical (unpaired) electrons. The summed E-state index contributed by atoms with van der Waals surface area (Å²) in [7, 11) is -1.67. The van der Waals surface area contributed by atoms with Gasteiger partial charge in [0.1, 0.15) is 12.2 Å². The van der Waals surface area contributed by atoms with E-state index in [0.29, 0.717) is 6.61 Å². The van der Waals surface area contributed by atoms with Gasteiger partial charge in [0.2, 0.25) is 0 Å². The van der Waals surface area contributed by atoms with Crippen LogP contribution in [0, 0.1) is 0 Å². The summed E-state index contributed by atoms with van der Waals surface area (Å²) in [6.07, 6.45) is 0.654. The smallest absolute Gasteiger partial charge is 0.192 e. The molecule has 0 bridgehead atoms. The summed E-state index contributed by atoms with van der Waals surface area (Å²) in [5.41, 5.74) is 0. The van der Waals surface area contributed by atoms with Crippen LogP contribution >= 0.6 is 0 Å². The van der Waals surface area contributed by atoms with Crippen molar-refractivity contribution in [2.75, 3.05) is 6.61 Å². The normalized spacial score (nSPS) is 27.5. The number of epoxide rings is 1. The lowest BCUT2D eigenvalue weighted by Crippen LogP contribution is -2.41. The minimum Gasteiger partial charge on any atom is -0.414 e. The molecule has 1 rings (SSSR count). The van der Waals surface area contributed by atoms with E-state index in [9.17, 15) is 4.79 Å². The monoisotopic (exact) mass is 216 g/mol. The van der Waals surface area contributed by atoms with Gasteiger partial charge in [-0.15, -0.1) is 0 Å². The number of carbonyl (C=O) groups excluding carboxylic acids is 1. The average Bonchev–Trinajstić information content (AvgIpc) is 2.77. The molecule has 0 N–H and O–H groups in total. The summed E-state index contributed by atoms with van der Waals surface area (Å²) >= 11 is 0. The lowest BCUT2D eigenvalue weighted by molar-refractivity contribution is -0.108. The number of hydrogen-bond donors (Lipinski definition) is 0. The molecule has 1 fully saturated rings. The third-order valence-corrected chi connectivity index (χ3v) is 7.67. The Hall–Kier alpha value is -0.193. The van der Waals surface area contributed by atoms with Crippen molar-refractivity contribution in [3.63, 3.8) is 0 Å². The van der Waals surface area contributed by atoms with Crippen molar-refractivity contribution in [1.29, 1.82) is 0 Å². The molecular weight excluding hydrogens is 196 g/mol. The molecule has 0 aromatic heterocycles. The molecule has 0 aromatic rings. The first-order chi connectivity index (χ1) is 6.28. The third-order valence-electron chi connectivity index (χ3n) is 3.17. The standard InChI is InChI=1S/C10H20O3Si/c1-10(2,3)14(4,5)12-7-9-8(6-11)13-9/h6,8-9H,7H2,1-5H3/t8-,9+/m0/s1. The lowest BCUT2D eigenvalue weighted by atomic mass is 10.2. The van der Waals surface area contributed by atoms with E-state index in [0.717, 1.165) is 6.29 Å². The van der Waals surface area contributed by atoms with Crippen molar-refractivity contribution >= 4 is 14.6 Å². The summed E-state index contributed by atoms with van der Waals surface area (Å²) < 4.78 is 11.0. The maximum absolute atomic E-state index is 10.3. The highest BCUT2D eigenvalue weighted by Crippen LogP contribution is 2.37. The van der Waals surface area contributed by atoms with E-state index in [1.54, 1.807) is 0 Å². The Balaban J connectivity index is 2.34. The molecule has 0 aromatic carbocycles. The van der Waals surface area contributed by atoms with E-state index in [1.165, 1.54) is 0 Å². The van der Waals surface area contributed by atoms with E-state index in [4.69, 9.17) is 9.16 Å². The Bertz CT molecular complexity index is 220. The quantitative estimate of drug-likeness (QED) is 0.410. The fourth-order valence-electron chi connectivity index (χ4n) is 0.917. The van der Waals surface area contributed by atoms with Crippen LogP contribution in [0.5, 0.6) is 0 Å². The van der Waals surface area contributed by atoms with Gasteiger partial charge >= 0.3 is 0 Å². The predicted molar refractivity (Wildman–Crippen MR) is 57.9 cm³/mol. The second-order valence-electron chi connectivity index (χ2n) is 5.35. The van der Waals surface area contributed by atoms with Gasteiger partial charge in [-0.3, -0.25) is 0 Å². The molecule has 1 heterocycles. The molecule has 1 aliphatic rings. The van der Waals surface area contributed by atoms with Crippen LogP contribution in [0.2, 0.25) is 18.1 Å². The van der Waals surface area contributed by atoms with Crippen LogP contribution in [0.3, 0.4) is 0 Å². The maximum atomic E-state index is 10.3. The molecule has 1 aliphatic heterocycles. The van der Waals surface area contributed by atoms with E-state index in [1.807, 2.05) is 0 Å². The minimum atomic E-state index is -1.67. The summed E-state index contributed by atoms with van der Waals surface area (Å²) in [6, 6.07) is 0. The van der Waals surface area contributed by atoms with Crippen molar-refractivity contribution < 1.29 is 14.0 Å². The molecule has 14 heavy (non-hydrogen) atoms. The number of aldehydes is 1. The molecule has 3 nitrogen and oxygen atoms in total. The zero-order chi connectivity index (χ0) is 11.0. The topological polar surface area (TPSA) is 38.8 Å². The van der Waals surface area contributed by atoms with Gasteiger partial charge < -0.3 is 14.0 Å². The molecule has 82 valence electrons. The first-order valence-corrected chi connectivity index (χ1v) is 7.93. The number of rotatable bonds is 4. The van der Waals surface area contributed by atoms with Crippen molar-refractivity contribution in [3.05, 3.63) is 0 Å². The molecule has 2 atom stereocenters. The zero-order valence-electron chi connectivity index (χ0n) is 9.66. The van der Waals surface area contributed by atoms with Gasteiger partial charge in [-0.05, 0) is 18.1 Å². The van der Waals surface area contributed by atoms with E-state index < -0.39 is 8.32 Å². The van der Waals surface area contributed by atoms with Gasteiger partial charge in [0.15, 0.2) is 14.6 Å². The fourth-order valence-corrected chi connectivity index (χ4v) is 1.93. The van der Waals surface area contributed by atoms with Gasteiger partial charge in [0, 0.05) is 0 Å². The number of carbonyl (C=O) groups is 1. The van der Waals surface area contributed by atoms with Crippen molar-refractivity contribution in [2.24, 2.45) is 0 Å². The first-order valence-electron chi connectivity index (χ1n) is 5.02. The Labute approximate surface area is 86.9 Å². The van der Waals surface area contributed by atoms with Crippen LogP contribution in [0.1, 0.15) is 20.8 Å². The average molecular weight is 216 g/mol. The van der Waals surface area contributed by atoms with Crippen molar-refractivity contribution in [2.45, 2.75) is 51.1 Å². The highest BCUT2D eigenvalue weighted by atomic mass is 28.4. The first kappa shape index (κ1) is 11.9. The van der Waals surface area contributed by atoms with Gasteiger partial charge in [-0.25, -0.2) is 0 Å². The number of ether oxygens (including phenoxy) is 1. The predicted octanol–water partition coefficient (Wildman–Crippen LogP) is 1.97. The highest BCUT2D eigenvalue weighted by molar-refractivity contribution is 6.74. The molecule has 0 aliphatic carbocycles. The van der Waals surface area contributed by atoms with Crippen LogP contribution in [-0.2, 0) is 14.0 Å². The number of hydrogen-bond acceptors (Lipinski definition) is 3. The van der Waals surface area contributed by atoms with Gasteiger partial charge in [-0.1, -0.05) is 20.8 Å². The van der Waals surface area contributed by atoms with E-state index >= 15 is 0 Å². The molecule has 0 unspecified atom stereocenters. The fraction of sp³-hybridized carbons (Fsp3) is 0.900. The van der Waals surface area contributed by atoms with Crippen LogP contribution < -0.4 is 0 Å². The summed E-state index contributed by atoms with van der Waals surface area (Å²) in [5, 5.41) is 0.221. The van der Waals surface area contributed by atoms with Crippen LogP contribution in [0.15, 0.2) is 0 Å². The zero-order valence-corrected chi connectivity index (χ0v) is 10.7. The summed E-state index contributed by atoms with van der Waals surface area (Å²) in [6.45, 7) is 11.6. The Morgan fingerprint density at radius 3 is 2.36 bits per heavy atom. The second kappa shape index (κ2) is 3.75. The lowest BCUT2D eigenvalue weighted by Gasteiger charge is -2.35. The second-order valence-corrected chi connectivity index (χ2v) is 10.2. The molecular formula is C10H20O3Si. The van der Waals surface area contributed by atoms with Crippen LogP contribution in [-0.4, -0.2) is 33.4 Å². The van der Waals surface area contributed by atoms with E-state index in [2.05, 4.69) is 33.9 Å². The van der Waals surface area contributed by atoms with Crippen molar-refractivity contribution in [1.82, 2.24) is 0 Å². The van der Waals surface area contributed by atoms with E-state index in [-0.39, 0.29) is 17.2 Å². The summed E-state index contributed by atoms with van der Waals surface area (Å²) in [4.78, 5) is 10.3.